The molecule has 102 valence electrons. The number of nitrogens with one attached hydrogen (secondary N) is 1. The number of hydrogen-bond donors (Lipinski definition) is 1. The van der Waals surface area contributed by atoms with Gasteiger partial charge >= 0.3 is 0 Å². The van der Waals surface area contributed by atoms with E-state index in [1.807, 2.05) is 42.5 Å². The first kappa shape index (κ1) is 15.0. The van der Waals surface area contributed by atoms with Crippen LogP contribution in [0.5, 0.6) is 0 Å². The van der Waals surface area contributed by atoms with Crippen LogP contribution in [0, 0.1) is 3.57 Å². The number of aromatic nitrogens is 1. The molecule has 1 heterocycles. The summed E-state index contributed by atoms with van der Waals surface area (Å²) in [5.74, 6) is 0.142. The average molecular weight is 397 g/mol. The van der Waals surface area contributed by atoms with Crippen molar-refractivity contribution in [1.29, 1.82) is 0 Å². The van der Waals surface area contributed by atoms with Gasteiger partial charge in [-0.05, 0) is 40.8 Å². The Kier molecular flexibility index (Phi) is 6.00. The van der Waals surface area contributed by atoms with Crippen molar-refractivity contribution in [2.45, 2.75) is 5.03 Å². The smallest absolute Gasteiger partial charge is 0.250 e. The molecule has 1 N–H and O–H groups in total. The number of hydrazone groups is 1. The summed E-state index contributed by atoms with van der Waals surface area (Å²) in [6, 6.07) is 13.4. The molecule has 0 unspecified atom stereocenters. The summed E-state index contributed by atoms with van der Waals surface area (Å²) in [4.78, 5) is 15.7. The first-order chi connectivity index (χ1) is 9.75. The number of halogens is 1. The minimum atomic E-state index is -0.150. The van der Waals surface area contributed by atoms with Gasteiger partial charge in [-0.25, -0.2) is 10.4 Å². The van der Waals surface area contributed by atoms with E-state index < -0.39 is 0 Å². The number of carbonyl (C=O) groups is 1. The van der Waals surface area contributed by atoms with E-state index in [0.717, 1.165) is 14.2 Å². The number of nitrogens with zero attached hydrogens (tertiary/aromatic N) is 2. The predicted octanol–water partition coefficient (Wildman–Crippen LogP) is 2.93. The Hall–Kier alpha value is -1.41. The van der Waals surface area contributed by atoms with Gasteiger partial charge in [0.1, 0.15) is 0 Å². The summed E-state index contributed by atoms with van der Waals surface area (Å²) in [7, 11) is 0. The van der Waals surface area contributed by atoms with Crippen molar-refractivity contribution in [2.24, 2.45) is 5.10 Å². The third kappa shape index (κ3) is 4.93. The third-order valence-corrected chi connectivity index (χ3v) is 4.21. The molecule has 0 fully saturated rings. The second-order valence-electron chi connectivity index (χ2n) is 3.77. The summed E-state index contributed by atoms with van der Waals surface area (Å²) in [6.45, 7) is 0. The second-order valence-corrected chi connectivity index (χ2v) is 5.93. The molecule has 0 radical (unpaired) electrons. The van der Waals surface area contributed by atoms with Crippen molar-refractivity contribution in [1.82, 2.24) is 10.4 Å². The maximum Gasteiger partial charge on any atom is 0.250 e. The molecule has 0 spiro atoms. The highest BCUT2D eigenvalue weighted by molar-refractivity contribution is 14.1. The number of pyridine rings is 1. The van der Waals surface area contributed by atoms with Crippen LogP contribution in [0.25, 0.3) is 0 Å². The van der Waals surface area contributed by atoms with Crippen LogP contribution in [0.2, 0.25) is 0 Å². The summed E-state index contributed by atoms with van der Waals surface area (Å²) < 4.78 is 1.09. The van der Waals surface area contributed by atoms with E-state index in [1.165, 1.54) is 11.8 Å². The van der Waals surface area contributed by atoms with Crippen LogP contribution in [-0.2, 0) is 4.79 Å². The van der Waals surface area contributed by atoms with E-state index >= 15 is 0 Å². The number of hydrogen-bond acceptors (Lipinski definition) is 4. The number of benzene rings is 1. The van der Waals surface area contributed by atoms with Gasteiger partial charge in [0.2, 0.25) is 5.91 Å². The van der Waals surface area contributed by atoms with Crippen LogP contribution < -0.4 is 5.43 Å². The zero-order chi connectivity index (χ0) is 14.2. The zero-order valence-electron chi connectivity index (χ0n) is 10.5. The molecule has 0 aliphatic heterocycles. The Morgan fingerprint density at radius 2 is 2.10 bits per heavy atom. The van der Waals surface area contributed by atoms with Gasteiger partial charge in [0.05, 0.1) is 17.0 Å². The van der Waals surface area contributed by atoms with Crippen LogP contribution in [0.15, 0.2) is 58.8 Å². The highest BCUT2D eigenvalue weighted by atomic mass is 127. The van der Waals surface area contributed by atoms with Crippen LogP contribution in [0.1, 0.15) is 5.56 Å². The van der Waals surface area contributed by atoms with Gasteiger partial charge in [-0.15, -0.1) is 0 Å². The molecule has 0 saturated heterocycles. The Balaban J connectivity index is 1.79. The molecule has 0 aliphatic carbocycles. The Morgan fingerprint density at radius 3 is 2.85 bits per heavy atom. The van der Waals surface area contributed by atoms with Crippen molar-refractivity contribution >= 4 is 46.5 Å². The summed E-state index contributed by atoms with van der Waals surface area (Å²) >= 11 is 3.60. The van der Waals surface area contributed by atoms with Crippen LogP contribution in [0.3, 0.4) is 0 Å². The Bertz CT molecular complexity index is 604. The zero-order valence-corrected chi connectivity index (χ0v) is 13.5. The highest BCUT2D eigenvalue weighted by Crippen LogP contribution is 2.13. The highest BCUT2D eigenvalue weighted by Gasteiger charge is 2.01. The molecule has 4 nitrogen and oxygen atoms in total. The lowest BCUT2D eigenvalue weighted by Crippen LogP contribution is -2.19. The van der Waals surface area contributed by atoms with Crippen molar-refractivity contribution in [3.63, 3.8) is 0 Å². The molecule has 0 aliphatic rings. The van der Waals surface area contributed by atoms with Crippen molar-refractivity contribution < 1.29 is 4.79 Å². The number of carbonyl (C=O) groups excluding carboxylic acids is 1. The van der Waals surface area contributed by atoms with Gasteiger partial charge in [-0.3, -0.25) is 4.79 Å². The van der Waals surface area contributed by atoms with E-state index in [9.17, 15) is 4.79 Å². The van der Waals surface area contributed by atoms with E-state index in [2.05, 4.69) is 38.1 Å². The lowest BCUT2D eigenvalue weighted by Gasteiger charge is -2.00. The van der Waals surface area contributed by atoms with Crippen molar-refractivity contribution in [2.75, 3.05) is 5.75 Å². The molecule has 2 aromatic rings. The SMILES string of the molecule is O=C(CSc1ccccn1)NN=Cc1ccccc1I. The van der Waals surface area contributed by atoms with E-state index in [4.69, 9.17) is 0 Å². The predicted molar refractivity (Wildman–Crippen MR) is 89.9 cm³/mol. The van der Waals surface area contributed by atoms with E-state index in [-0.39, 0.29) is 5.91 Å². The largest absolute Gasteiger partial charge is 0.272 e. The fourth-order valence-corrected chi connectivity index (χ4v) is 2.54. The summed E-state index contributed by atoms with van der Waals surface area (Å²) in [6.07, 6.45) is 3.35. The quantitative estimate of drug-likeness (QED) is 0.365. The molecule has 20 heavy (non-hydrogen) atoms. The number of amides is 1. The van der Waals surface area contributed by atoms with Crippen LogP contribution in [0.4, 0.5) is 0 Å². The topological polar surface area (TPSA) is 54.4 Å². The lowest BCUT2D eigenvalue weighted by molar-refractivity contribution is -0.118. The van der Waals surface area contributed by atoms with Crippen LogP contribution >= 0.6 is 34.4 Å². The summed E-state index contributed by atoms with van der Waals surface area (Å²) in [5.41, 5.74) is 3.48. The molecule has 0 bridgehead atoms. The molecular weight excluding hydrogens is 385 g/mol. The molecular formula is C14H12IN3OS. The fraction of sp³-hybridized carbons (Fsp3) is 0.0714. The maximum absolute atomic E-state index is 11.6. The van der Waals surface area contributed by atoms with E-state index in [1.54, 1.807) is 12.4 Å². The minimum Gasteiger partial charge on any atom is -0.272 e. The minimum absolute atomic E-state index is 0.150. The van der Waals surface area contributed by atoms with Gasteiger partial charge in [0.25, 0.3) is 0 Å². The van der Waals surface area contributed by atoms with E-state index in [0.29, 0.717) is 5.75 Å². The number of rotatable bonds is 5. The van der Waals surface area contributed by atoms with Crippen molar-refractivity contribution in [3.05, 3.63) is 57.8 Å². The molecule has 1 aromatic carbocycles. The second kappa shape index (κ2) is 8.01. The maximum atomic E-state index is 11.6. The van der Waals surface area contributed by atoms with Gasteiger partial charge in [-0.2, -0.15) is 5.10 Å². The van der Waals surface area contributed by atoms with Gasteiger partial charge in [0, 0.05) is 15.3 Å². The monoisotopic (exact) mass is 397 g/mol. The molecule has 0 saturated carbocycles. The fourth-order valence-electron chi connectivity index (χ4n) is 1.36. The van der Waals surface area contributed by atoms with Crippen molar-refractivity contribution in [3.8, 4) is 0 Å². The Labute approximate surface area is 135 Å². The average Bonchev–Trinajstić information content (AvgIpc) is 2.48. The standard InChI is InChI=1S/C14H12IN3OS/c15-12-6-2-1-5-11(12)9-17-18-13(19)10-20-14-7-3-4-8-16-14/h1-9H,10H2,(H,18,19). The molecule has 2 rings (SSSR count). The first-order valence-electron chi connectivity index (χ1n) is 5.86. The van der Waals surface area contributed by atoms with Gasteiger partial charge in [-0.1, -0.05) is 36.0 Å². The molecule has 0 atom stereocenters. The molecule has 1 amide bonds. The van der Waals surface area contributed by atoms with Gasteiger partial charge < -0.3 is 0 Å². The lowest BCUT2D eigenvalue weighted by atomic mass is 10.2. The first-order valence-corrected chi connectivity index (χ1v) is 7.92. The molecule has 6 heteroatoms. The Morgan fingerprint density at radius 1 is 1.30 bits per heavy atom. The normalized spacial score (nSPS) is 10.7. The summed E-state index contributed by atoms with van der Waals surface area (Å²) in [5, 5.41) is 4.77. The van der Waals surface area contributed by atoms with Gasteiger partial charge in [0.15, 0.2) is 0 Å². The molecule has 1 aromatic heterocycles. The third-order valence-electron chi connectivity index (χ3n) is 2.29. The van der Waals surface area contributed by atoms with Crippen LogP contribution in [-0.4, -0.2) is 22.9 Å². The number of thioether (sulfide) groups is 1.